The first-order chi connectivity index (χ1) is 8.00. The molecule has 100 valence electrons. The molecule has 1 atom stereocenters. The highest BCUT2D eigenvalue weighted by Gasteiger charge is 2.33. The molecular formula is C10H20N2O4S. The van der Waals surface area contributed by atoms with Crippen LogP contribution in [0.1, 0.15) is 13.3 Å². The summed E-state index contributed by atoms with van der Waals surface area (Å²) < 4.78 is 22.7. The van der Waals surface area contributed by atoms with Gasteiger partial charge in [0, 0.05) is 12.6 Å². The van der Waals surface area contributed by atoms with Crippen LogP contribution in [0, 0.1) is 0 Å². The van der Waals surface area contributed by atoms with Crippen LogP contribution in [0.4, 0.5) is 0 Å². The molecule has 0 aromatic rings. The number of aliphatic hydroxyl groups is 1. The summed E-state index contributed by atoms with van der Waals surface area (Å²) in [5.74, 6) is 0.00173. The van der Waals surface area contributed by atoms with Gasteiger partial charge in [-0.25, -0.2) is 8.42 Å². The van der Waals surface area contributed by atoms with Gasteiger partial charge in [-0.3, -0.25) is 4.79 Å². The molecule has 1 fully saturated rings. The zero-order valence-electron chi connectivity index (χ0n) is 10.1. The lowest BCUT2D eigenvalue weighted by Crippen LogP contribution is -2.46. The molecule has 1 unspecified atom stereocenters. The highest BCUT2D eigenvalue weighted by molar-refractivity contribution is 7.91. The average molecular weight is 264 g/mol. The summed E-state index contributed by atoms with van der Waals surface area (Å²) in [6.07, 6.45) is 0.472. The van der Waals surface area contributed by atoms with Crippen molar-refractivity contribution in [3.63, 3.8) is 0 Å². The van der Waals surface area contributed by atoms with Gasteiger partial charge in [0.05, 0.1) is 24.7 Å². The van der Waals surface area contributed by atoms with Crippen molar-refractivity contribution in [1.82, 2.24) is 10.2 Å². The van der Waals surface area contributed by atoms with Crippen LogP contribution in [0.15, 0.2) is 0 Å². The van der Waals surface area contributed by atoms with Crippen LogP contribution in [0.25, 0.3) is 0 Å². The number of carbonyl (C=O) groups excluding carboxylic acids is 1. The van der Waals surface area contributed by atoms with Crippen molar-refractivity contribution in [2.45, 2.75) is 19.4 Å². The smallest absolute Gasteiger partial charge is 0.236 e. The van der Waals surface area contributed by atoms with Gasteiger partial charge in [0.25, 0.3) is 0 Å². The number of hydrogen-bond acceptors (Lipinski definition) is 5. The van der Waals surface area contributed by atoms with E-state index in [9.17, 15) is 13.2 Å². The van der Waals surface area contributed by atoms with E-state index in [1.165, 1.54) is 4.90 Å². The van der Waals surface area contributed by atoms with Crippen molar-refractivity contribution in [1.29, 1.82) is 0 Å². The number of likely N-dealkylation sites (N-methyl/N-ethyl adjacent to an activating group) is 1. The zero-order chi connectivity index (χ0) is 12.9. The number of nitrogens with one attached hydrogen (secondary N) is 1. The largest absolute Gasteiger partial charge is 0.395 e. The highest BCUT2D eigenvalue weighted by Crippen LogP contribution is 2.17. The van der Waals surface area contributed by atoms with Crippen molar-refractivity contribution in [3.05, 3.63) is 0 Å². The monoisotopic (exact) mass is 264 g/mol. The number of nitrogens with zero attached hydrogens (tertiary/aromatic N) is 1. The first-order valence-corrected chi connectivity index (χ1v) is 7.63. The van der Waals surface area contributed by atoms with E-state index in [0.29, 0.717) is 13.0 Å². The summed E-state index contributed by atoms with van der Waals surface area (Å²) in [6.45, 7) is 2.82. The maximum atomic E-state index is 11.8. The molecule has 1 heterocycles. The second-order valence-electron chi connectivity index (χ2n) is 4.15. The number of sulfone groups is 1. The van der Waals surface area contributed by atoms with Gasteiger partial charge in [-0.2, -0.15) is 0 Å². The Morgan fingerprint density at radius 1 is 1.53 bits per heavy atom. The Kier molecular flexibility index (Phi) is 5.35. The van der Waals surface area contributed by atoms with Crippen molar-refractivity contribution >= 4 is 15.7 Å². The summed E-state index contributed by atoms with van der Waals surface area (Å²) in [4.78, 5) is 13.3. The zero-order valence-corrected chi connectivity index (χ0v) is 10.9. The first-order valence-electron chi connectivity index (χ1n) is 5.81. The average Bonchev–Trinajstić information content (AvgIpc) is 2.63. The summed E-state index contributed by atoms with van der Waals surface area (Å²) in [7, 11) is -3.01. The van der Waals surface area contributed by atoms with Crippen LogP contribution in [-0.2, 0) is 14.6 Å². The minimum atomic E-state index is -3.01. The van der Waals surface area contributed by atoms with Crippen LogP contribution in [-0.4, -0.2) is 68.1 Å². The van der Waals surface area contributed by atoms with Crippen LogP contribution >= 0.6 is 0 Å². The Bertz CT molecular complexity index is 355. The molecule has 6 nitrogen and oxygen atoms in total. The Hall–Kier alpha value is -0.660. The van der Waals surface area contributed by atoms with E-state index in [-0.39, 0.29) is 43.2 Å². The van der Waals surface area contributed by atoms with E-state index in [4.69, 9.17) is 5.11 Å². The van der Waals surface area contributed by atoms with E-state index in [2.05, 4.69) is 5.32 Å². The molecule has 7 heteroatoms. The minimum Gasteiger partial charge on any atom is -0.395 e. The molecule has 17 heavy (non-hydrogen) atoms. The molecule has 0 aromatic heterocycles. The van der Waals surface area contributed by atoms with Gasteiger partial charge in [-0.15, -0.1) is 0 Å². The van der Waals surface area contributed by atoms with E-state index >= 15 is 0 Å². The summed E-state index contributed by atoms with van der Waals surface area (Å²) in [5.41, 5.74) is 0. The summed E-state index contributed by atoms with van der Waals surface area (Å²) in [5, 5.41) is 11.8. The summed E-state index contributed by atoms with van der Waals surface area (Å²) in [6, 6.07) is -0.279. The Morgan fingerprint density at radius 3 is 2.71 bits per heavy atom. The molecule has 0 spiro atoms. The SMILES string of the molecule is CCNCC(=O)N(CCO)C1CCS(=O)(=O)C1. The number of carbonyl (C=O) groups is 1. The molecule has 0 radical (unpaired) electrons. The van der Waals surface area contributed by atoms with Crippen molar-refractivity contribution in [3.8, 4) is 0 Å². The molecule has 1 amide bonds. The normalized spacial score (nSPS) is 22.6. The molecule has 1 saturated heterocycles. The molecule has 0 aromatic carbocycles. The highest BCUT2D eigenvalue weighted by atomic mass is 32.2. The third kappa shape index (κ3) is 4.25. The van der Waals surface area contributed by atoms with E-state index in [1.807, 2.05) is 6.92 Å². The number of hydrogen-bond donors (Lipinski definition) is 2. The first kappa shape index (κ1) is 14.4. The standard InChI is InChI=1S/C10H20N2O4S/c1-2-11-7-10(14)12(4-5-13)9-3-6-17(15,16)8-9/h9,11,13H,2-8H2,1H3. The Morgan fingerprint density at radius 2 is 2.24 bits per heavy atom. The maximum Gasteiger partial charge on any atom is 0.236 e. The molecule has 2 N–H and O–H groups in total. The fourth-order valence-electron chi connectivity index (χ4n) is 1.97. The fraction of sp³-hybridized carbons (Fsp3) is 0.900. The van der Waals surface area contributed by atoms with E-state index < -0.39 is 9.84 Å². The minimum absolute atomic E-state index is 0.0187. The van der Waals surface area contributed by atoms with Crippen molar-refractivity contribution in [2.75, 3.05) is 37.7 Å². The van der Waals surface area contributed by atoms with Crippen LogP contribution < -0.4 is 5.32 Å². The Balaban J connectivity index is 2.62. The van der Waals surface area contributed by atoms with Gasteiger partial charge in [-0.1, -0.05) is 6.92 Å². The fourth-order valence-corrected chi connectivity index (χ4v) is 3.70. The van der Waals surface area contributed by atoms with Crippen LogP contribution in [0.2, 0.25) is 0 Å². The lowest BCUT2D eigenvalue weighted by atomic mass is 10.2. The maximum absolute atomic E-state index is 11.8. The summed E-state index contributed by atoms with van der Waals surface area (Å²) >= 11 is 0. The third-order valence-corrected chi connectivity index (χ3v) is 4.59. The molecule has 0 saturated carbocycles. The van der Waals surface area contributed by atoms with E-state index in [0.717, 1.165) is 0 Å². The molecule has 0 bridgehead atoms. The van der Waals surface area contributed by atoms with Crippen molar-refractivity contribution in [2.24, 2.45) is 0 Å². The van der Waals surface area contributed by atoms with Gasteiger partial charge >= 0.3 is 0 Å². The molecule has 1 aliphatic heterocycles. The number of rotatable bonds is 6. The van der Waals surface area contributed by atoms with Crippen LogP contribution in [0.5, 0.6) is 0 Å². The molecule has 1 aliphatic rings. The molecule has 0 aliphatic carbocycles. The van der Waals surface area contributed by atoms with Gasteiger partial charge in [-0.05, 0) is 13.0 Å². The lowest BCUT2D eigenvalue weighted by molar-refractivity contribution is -0.132. The third-order valence-electron chi connectivity index (χ3n) is 2.84. The van der Waals surface area contributed by atoms with Gasteiger partial charge in [0.1, 0.15) is 0 Å². The van der Waals surface area contributed by atoms with Crippen LogP contribution in [0.3, 0.4) is 0 Å². The topological polar surface area (TPSA) is 86.7 Å². The van der Waals surface area contributed by atoms with Gasteiger partial charge in [0.2, 0.25) is 5.91 Å². The second kappa shape index (κ2) is 6.32. The molecular weight excluding hydrogens is 244 g/mol. The predicted octanol–water partition coefficient (Wildman–Crippen LogP) is -1.40. The number of aliphatic hydroxyl groups excluding tert-OH is 1. The second-order valence-corrected chi connectivity index (χ2v) is 6.38. The predicted molar refractivity (Wildman–Crippen MR) is 64.4 cm³/mol. The lowest BCUT2D eigenvalue weighted by Gasteiger charge is -2.27. The quantitative estimate of drug-likeness (QED) is 0.616. The van der Waals surface area contributed by atoms with Gasteiger partial charge < -0.3 is 15.3 Å². The van der Waals surface area contributed by atoms with Crippen molar-refractivity contribution < 1.29 is 18.3 Å². The Labute approximate surface area is 102 Å². The number of amides is 1. The van der Waals surface area contributed by atoms with Gasteiger partial charge in [0.15, 0.2) is 9.84 Å². The molecule has 1 rings (SSSR count). The van der Waals surface area contributed by atoms with E-state index in [1.54, 1.807) is 0 Å².